The number of benzene rings is 1. The van der Waals surface area contributed by atoms with Gasteiger partial charge in [-0.05, 0) is 63.1 Å². The average molecular weight is 459 g/mol. The summed E-state index contributed by atoms with van der Waals surface area (Å²) in [5, 5.41) is 4.85. The van der Waals surface area contributed by atoms with Crippen molar-refractivity contribution in [3.05, 3.63) is 52.8 Å². The van der Waals surface area contributed by atoms with Crippen LogP contribution in [0.3, 0.4) is 0 Å². The van der Waals surface area contributed by atoms with Gasteiger partial charge in [-0.15, -0.1) is 0 Å². The minimum absolute atomic E-state index is 0.0233. The molecule has 178 valence electrons. The lowest BCUT2D eigenvalue weighted by molar-refractivity contribution is -0.119. The maximum absolute atomic E-state index is 13.4. The molecular weight excluding hydrogens is 424 g/mol. The van der Waals surface area contributed by atoms with Gasteiger partial charge in [0.25, 0.3) is 5.91 Å². The number of carbonyl (C=O) groups excluding carboxylic acids is 2. The molecule has 0 radical (unpaired) electrons. The molecule has 1 aliphatic carbocycles. The Hall–Kier alpha value is -3.02. The molecule has 2 aliphatic rings. The van der Waals surface area contributed by atoms with Crippen molar-refractivity contribution in [3.63, 3.8) is 0 Å². The summed E-state index contributed by atoms with van der Waals surface area (Å²) in [6, 6.07) is 10.3. The van der Waals surface area contributed by atoms with E-state index in [4.69, 9.17) is 10.1 Å². The van der Waals surface area contributed by atoms with Crippen LogP contribution in [-0.2, 0) is 17.6 Å². The van der Waals surface area contributed by atoms with E-state index in [1.807, 2.05) is 27.6 Å². The molecule has 1 aromatic carbocycles. The van der Waals surface area contributed by atoms with Gasteiger partial charge >= 0.3 is 0 Å². The zero-order chi connectivity index (χ0) is 23.8. The Morgan fingerprint density at radius 3 is 2.62 bits per heavy atom. The second-order valence-electron chi connectivity index (χ2n) is 10.0. The van der Waals surface area contributed by atoms with Crippen molar-refractivity contribution in [2.24, 2.45) is 5.92 Å². The van der Waals surface area contributed by atoms with Crippen LogP contribution in [0.2, 0.25) is 0 Å². The van der Waals surface area contributed by atoms with Gasteiger partial charge in [0.2, 0.25) is 0 Å². The second kappa shape index (κ2) is 9.32. The lowest BCUT2D eigenvalue weighted by Crippen LogP contribution is -2.38. The maximum atomic E-state index is 13.4. The highest BCUT2D eigenvalue weighted by Crippen LogP contribution is 2.32. The van der Waals surface area contributed by atoms with Gasteiger partial charge in [-0.25, -0.2) is 9.50 Å². The van der Waals surface area contributed by atoms with Gasteiger partial charge in [0, 0.05) is 42.2 Å². The lowest BCUT2D eigenvalue weighted by Gasteiger charge is -2.27. The summed E-state index contributed by atoms with van der Waals surface area (Å²) in [5.41, 5.74) is 6.22. The molecule has 3 heterocycles. The van der Waals surface area contributed by atoms with Crippen LogP contribution < -0.4 is 0 Å². The quantitative estimate of drug-likeness (QED) is 0.510. The number of likely N-dealkylation sites (tertiary alicyclic amines) is 1. The molecule has 0 spiro atoms. The number of fused-ring (bicyclic) bond motifs is 1. The number of ketones is 1. The molecule has 2 aromatic heterocycles. The molecule has 0 bridgehead atoms. The minimum Gasteiger partial charge on any atom is -0.335 e. The smallest absolute Gasteiger partial charge is 0.272 e. The van der Waals surface area contributed by atoms with Crippen molar-refractivity contribution in [3.8, 4) is 11.3 Å². The lowest BCUT2D eigenvalue weighted by atomic mass is 9.99. The third-order valence-corrected chi connectivity index (χ3v) is 7.37. The summed E-state index contributed by atoms with van der Waals surface area (Å²) < 4.78 is 1.86. The summed E-state index contributed by atoms with van der Waals surface area (Å²) in [6.07, 6.45) is 7.83. The number of hydrogen-bond donors (Lipinski definition) is 0. The third kappa shape index (κ3) is 4.50. The van der Waals surface area contributed by atoms with Gasteiger partial charge in [-0.1, -0.05) is 38.0 Å². The minimum atomic E-state index is 0.0233. The van der Waals surface area contributed by atoms with E-state index >= 15 is 0 Å². The zero-order valence-electron chi connectivity index (χ0n) is 20.5. The molecule has 1 amide bonds. The van der Waals surface area contributed by atoms with Crippen molar-refractivity contribution in [1.82, 2.24) is 19.5 Å². The molecule has 1 aliphatic heterocycles. The summed E-state index contributed by atoms with van der Waals surface area (Å²) in [4.78, 5) is 32.3. The summed E-state index contributed by atoms with van der Waals surface area (Å²) in [5.74, 6) is 0.661. The molecule has 2 fully saturated rings. The van der Waals surface area contributed by atoms with Crippen molar-refractivity contribution in [2.45, 2.75) is 78.2 Å². The van der Waals surface area contributed by atoms with Crippen molar-refractivity contribution in [2.75, 3.05) is 6.54 Å². The van der Waals surface area contributed by atoms with E-state index in [2.05, 4.69) is 32.9 Å². The van der Waals surface area contributed by atoms with Crippen molar-refractivity contribution >= 4 is 17.3 Å². The van der Waals surface area contributed by atoms with Gasteiger partial charge in [-0.3, -0.25) is 9.59 Å². The van der Waals surface area contributed by atoms with Crippen molar-refractivity contribution < 1.29 is 9.59 Å². The molecular formula is C28H34N4O2. The van der Waals surface area contributed by atoms with Gasteiger partial charge in [-0.2, -0.15) is 5.10 Å². The van der Waals surface area contributed by atoms with Gasteiger partial charge in [0.1, 0.15) is 11.5 Å². The first-order chi connectivity index (χ1) is 16.4. The number of carbonyl (C=O) groups is 2. The molecule has 1 saturated carbocycles. The molecule has 1 unspecified atom stereocenters. The van der Waals surface area contributed by atoms with E-state index in [1.165, 1.54) is 12.8 Å². The first kappa shape index (κ1) is 22.8. The van der Waals surface area contributed by atoms with E-state index in [-0.39, 0.29) is 17.9 Å². The number of Topliss-reactive ketones (excluding diaryl/α,β-unsaturated/α-hetero) is 1. The van der Waals surface area contributed by atoms with Gasteiger partial charge < -0.3 is 4.90 Å². The largest absolute Gasteiger partial charge is 0.335 e. The van der Waals surface area contributed by atoms with Crippen LogP contribution in [-0.4, -0.2) is 43.8 Å². The summed E-state index contributed by atoms with van der Waals surface area (Å²) >= 11 is 0. The number of nitrogens with zero attached hydrogens (tertiary/aromatic N) is 4. The fourth-order valence-corrected chi connectivity index (χ4v) is 5.13. The number of aryl methyl sites for hydroxylation is 2. The van der Waals surface area contributed by atoms with Crippen LogP contribution in [0.25, 0.3) is 16.9 Å². The van der Waals surface area contributed by atoms with E-state index in [0.29, 0.717) is 23.5 Å². The zero-order valence-corrected chi connectivity index (χ0v) is 20.5. The molecule has 34 heavy (non-hydrogen) atoms. The third-order valence-electron chi connectivity index (χ3n) is 7.37. The highest BCUT2D eigenvalue weighted by Gasteiger charge is 2.29. The fraction of sp³-hybridized carbons (Fsp3) is 0.500. The van der Waals surface area contributed by atoms with E-state index in [1.54, 1.807) is 0 Å². The number of hydrogen-bond acceptors (Lipinski definition) is 4. The van der Waals surface area contributed by atoms with Gasteiger partial charge in [0.05, 0.1) is 5.69 Å². The normalized spacial score (nSPS) is 18.8. The second-order valence-corrected chi connectivity index (χ2v) is 10.0. The molecule has 1 atom stereocenters. The van der Waals surface area contributed by atoms with E-state index in [9.17, 15) is 9.59 Å². The van der Waals surface area contributed by atoms with Crippen LogP contribution in [0.15, 0.2) is 30.3 Å². The topological polar surface area (TPSA) is 67.6 Å². The average Bonchev–Trinajstić information content (AvgIpc) is 3.62. The Balaban J connectivity index is 1.46. The number of amides is 1. The molecule has 3 aromatic rings. The van der Waals surface area contributed by atoms with E-state index in [0.717, 1.165) is 66.7 Å². The highest BCUT2D eigenvalue weighted by atomic mass is 16.2. The SMILES string of the molecule is CCc1cc(C(=O)N2CCCCCC2C)nc2cc(-c3ccc(CC(=O)C4CC4)cc3C)nn12. The maximum Gasteiger partial charge on any atom is 0.272 e. The van der Waals surface area contributed by atoms with Crippen LogP contribution in [0.4, 0.5) is 0 Å². The fourth-order valence-electron chi connectivity index (χ4n) is 5.13. The van der Waals surface area contributed by atoms with Crippen LogP contribution in [0.1, 0.15) is 79.7 Å². The van der Waals surface area contributed by atoms with Crippen LogP contribution in [0, 0.1) is 12.8 Å². The monoisotopic (exact) mass is 458 g/mol. The number of aromatic nitrogens is 3. The molecule has 6 nitrogen and oxygen atoms in total. The Morgan fingerprint density at radius 2 is 1.88 bits per heavy atom. The Kier molecular flexibility index (Phi) is 6.24. The first-order valence-corrected chi connectivity index (χ1v) is 12.8. The van der Waals surface area contributed by atoms with Gasteiger partial charge in [0.15, 0.2) is 5.65 Å². The summed E-state index contributed by atoms with van der Waals surface area (Å²) in [7, 11) is 0. The number of rotatable bonds is 6. The van der Waals surface area contributed by atoms with Crippen LogP contribution in [0.5, 0.6) is 0 Å². The Bertz CT molecular complexity index is 1240. The molecule has 1 saturated heterocycles. The van der Waals surface area contributed by atoms with Crippen molar-refractivity contribution in [1.29, 1.82) is 0 Å². The molecule has 5 rings (SSSR count). The first-order valence-electron chi connectivity index (χ1n) is 12.8. The standard InChI is InChI=1S/C28H34N4O2/c1-4-22-16-25(28(34)31-13-7-5-6-8-19(31)3)29-27-17-24(30-32(22)27)23-12-9-20(14-18(23)2)15-26(33)21-10-11-21/h9,12,14,16-17,19,21H,4-8,10-11,13,15H2,1-3H3. The predicted octanol–water partition coefficient (Wildman–Crippen LogP) is 5.19. The van der Waals surface area contributed by atoms with E-state index < -0.39 is 0 Å². The Morgan fingerprint density at radius 1 is 1.06 bits per heavy atom. The van der Waals surface area contributed by atoms with Crippen LogP contribution >= 0.6 is 0 Å². The highest BCUT2D eigenvalue weighted by molar-refractivity contribution is 5.93. The molecule has 0 N–H and O–H groups in total. The Labute approximate surface area is 201 Å². The molecule has 6 heteroatoms. The predicted molar refractivity (Wildman–Crippen MR) is 133 cm³/mol. The summed E-state index contributed by atoms with van der Waals surface area (Å²) in [6.45, 7) is 7.09.